The average Bonchev–Trinajstić information content (AvgIpc) is 2.27. The van der Waals surface area contributed by atoms with Gasteiger partial charge in [-0.05, 0) is 20.8 Å². The molecule has 19 heavy (non-hydrogen) atoms. The van der Waals surface area contributed by atoms with Crippen LogP contribution in [0.5, 0.6) is 0 Å². The van der Waals surface area contributed by atoms with Crippen molar-refractivity contribution in [3.8, 4) is 0 Å². The first kappa shape index (κ1) is 15.9. The van der Waals surface area contributed by atoms with Crippen LogP contribution in [0.1, 0.15) is 27.2 Å². The molecule has 0 spiro atoms. The summed E-state index contributed by atoms with van der Waals surface area (Å²) in [5, 5.41) is 8.89. The van der Waals surface area contributed by atoms with Crippen molar-refractivity contribution in [2.24, 2.45) is 0 Å². The fourth-order valence-corrected chi connectivity index (χ4v) is 1.92. The summed E-state index contributed by atoms with van der Waals surface area (Å²) in [6.07, 6.45) is 0.324. The third kappa shape index (κ3) is 7.79. The van der Waals surface area contributed by atoms with E-state index in [-0.39, 0.29) is 17.4 Å². The van der Waals surface area contributed by atoms with Crippen molar-refractivity contribution in [2.45, 2.75) is 32.7 Å². The largest absolute Gasteiger partial charge is 0.354 e. The number of carbonyl (C=O) groups is 2. The lowest BCUT2D eigenvalue weighted by molar-refractivity contribution is -0.123. The Morgan fingerprint density at radius 2 is 1.79 bits per heavy atom. The Kier molecular flexibility index (Phi) is 6.24. The second-order valence-corrected chi connectivity index (χ2v) is 5.92. The number of nitrogens with zero attached hydrogens (tertiary/aromatic N) is 1. The molecule has 110 valence electrons. The zero-order valence-electron chi connectivity index (χ0n) is 12.2. The lowest BCUT2D eigenvalue weighted by Gasteiger charge is -2.26. The predicted octanol–water partition coefficient (Wildman–Crippen LogP) is -0.687. The molecular formula is C13H26N4O2. The molecule has 0 aromatic heterocycles. The lowest BCUT2D eigenvalue weighted by atomic mass is 10.1. The fraction of sp³-hybridized carbons (Fsp3) is 0.846. The van der Waals surface area contributed by atoms with Crippen molar-refractivity contribution in [3.63, 3.8) is 0 Å². The second-order valence-electron chi connectivity index (χ2n) is 5.92. The molecule has 0 atom stereocenters. The van der Waals surface area contributed by atoms with E-state index in [0.717, 1.165) is 26.2 Å². The van der Waals surface area contributed by atoms with Crippen LogP contribution in [0.2, 0.25) is 0 Å². The van der Waals surface area contributed by atoms with Crippen molar-refractivity contribution in [3.05, 3.63) is 0 Å². The van der Waals surface area contributed by atoms with Crippen LogP contribution >= 0.6 is 0 Å². The highest BCUT2D eigenvalue weighted by atomic mass is 16.2. The Hall–Kier alpha value is -1.14. The number of piperazine rings is 1. The van der Waals surface area contributed by atoms with E-state index in [0.29, 0.717) is 19.5 Å². The van der Waals surface area contributed by atoms with E-state index in [1.807, 2.05) is 20.8 Å². The normalized spacial score (nSPS) is 17.0. The molecule has 1 aliphatic heterocycles. The quantitative estimate of drug-likeness (QED) is 0.618. The standard InChI is InChI=1S/C13H26N4O2/c1-13(2,3)16-11(18)4-5-15-12(19)10-17-8-6-14-7-9-17/h14H,4-10H2,1-3H3,(H,15,19)(H,16,18). The molecular weight excluding hydrogens is 244 g/mol. The van der Waals surface area contributed by atoms with Crippen molar-refractivity contribution >= 4 is 11.8 Å². The minimum Gasteiger partial charge on any atom is -0.354 e. The Labute approximate surface area is 115 Å². The van der Waals surface area contributed by atoms with E-state index in [2.05, 4.69) is 20.9 Å². The first-order chi connectivity index (χ1) is 8.87. The van der Waals surface area contributed by atoms with Gasteiger partial charge in [0.15, 0.2) is 0 Å². The molecule has 0 aromatic rings. The van der Waals surface area contributed by atoms with Crippen LogP contribution in [-0.2, 0) is 9.59 Å². The fourth-order valence-electron chi connectivity index (χ4n) is 1.92. The van der Waals surface area contributed by atoms with Gasteiger partial charge in [0.05, 0.1) is 6.54 Å². The number of amides is 2. The lowest BCUT2D eigenvalue weighted by Crippen LogP contribution is -2.48. The van der Waals surface area contributed by atoms with Gasteiger partial charge in [0.25, 0.3) is 0 Å². The Morgan fingerprint density at radius 3 is 2.37 bits per heavy atom. The number of hydrogen-bond acceptors (Lipinski definition) is 4. The molecule has 0 aromatic carbocycles. The molecule has 0 saturated carbocycles. The monoisotopic (exact) mass is 270 g/mol. The van der Waals surface area contributed by atoms with Gasteiger partial charge in [0.2, 0.25) is 11.8 Å². The van der Waals surface area contributed by atoms with E-state index >= 15 is 0 Å². The third-order valence-electron chi connectivity index (χ3n) is 2.77. The highest BCUT2D eigenvalue weighted by Gasteiger charge is 2.15. The van der Waals surface area contributed by atoms with Gasteiger partial charge < -0.3 is 16.0 Å². The van der Waals surface area contributed by atoms with Gasteiger partial charge >= 0.3 is 0 Å². The van der Waals surface area contributed by atoms with E-state index in [4.69, 9.17) is 0 Å². The third-order valence-corrected chi connectivity index (χ3v) is 2.77. The highest BCUT2D eigenvalue weighted by Crippen LogP contribution is 1.98. The average molecular weight is 270 g/mol. The van der Waals surface area contributed by atoms with Crippen molar-refractivity contribution in [1.29, 1.82) is 0 Å². The molecule has 1 aliphatic rings. The number of rotatable bonds is 5. The molecule has 6 nitrogen and oxygen atoms in total. The van der Waals surface area contributed by atoms with Gasteiger partial charge in [-0.1, -0.05) is 0 Å². The van der Waals surface area contributed by atoms with Crippen LogP contribution in [0, 0.1) is 0 Å². The Balaban J connectivity index is 2.11. The van der Waals surface area contributed by atoms with Crippen molar-refractivity contribution < 1.29 is 9.59 Å². The Morgan fingerprint density at radius 1 is 1.16 bits per heavy atom. The molecule has 0 radical (unpaired) electrons. The van der Waals surface area contributed by atoms with Gasteiger partial charge in [0.1, 0.15) is 0 Å². The van der Waals surface area contributed by atoms with E-state index in [1.165, 1.54) is 0 Å². The molecule has 1 heterocycles. The van der Waals surface area contributed by atoms with E-state index in [9.17, 15) is 9.59 Å². The first-order valence-electron chi connectivity index (χ1n) is 6.87. The second kappa shape index (κ2) is 7.45. The van der Waals surface area contributed by atoms with E-state index in [1.54, 1.807) is 0 Å². The minimum absolute atomic E-state index is 0.00883. The zero-order chi connectivity index (χ0) is 14.3. The molecule has 3 N–H and O–H groups in total. The van der Waals surface area contributed by atoms with Crippen LogP contribution in [-0.4, -0.2) is 61.5 Å². The molecule has 2 amide bonds. The summed E-state index contributed by atoms with van der Waals surface area (Å²) in [6.45, 7) is 10.3. The molecule has 1 saturated heterocycles. The molecule has 0 aliphatic carbocycles. The van der Waals surface area contributed by atoms with E-state index < -0.39 is 0 Å². The molecule has 0 unspecified atom stereocenters. The van der Waals surface area contributed by atoms with Crippen LogP contribution < -0.4 is 16.0 Å². The number of nitrogens with one attached hydrogen (secondary N) is 3. The molecule has 6 heteroatoms. The first-order valence-corrected chi connectivity index (χ1v) is 6.87. The van der Waals surface area contributed by atoms with Crippen LogP contribution in [0.3, 0.4) is 0 Å². The molecule has 0 bridgehead atoms. The van der Waals surface area contributed by atoms with Crippen molar-refractivity contribution in [2.75, 3.05) is 39.3 Å². The SMILES string of the molecule is CC(C)(C)NC(=O)CCNC(=O)CN1CCNCC1. The van der Waals surface area contributed by atoms with Crippen LogP contribution in [0.4, 0.5) is 0 Å². The molecule has 1 fully saturated rings. The summed E-state index contributed by atoms with van der Waals surface area (Å²) in [7, 11) is 0. The summed E-state index contributed by atoms with van der Waals surface area (Å²) in [5.74, 6) is -0.0413. The number of hydrogen-bond donors (Lipinski definition) is 3. The molecule has 1 rings (SSSR count). The number of carbonyl (C=O) groups excluding carboxylic acids is 2. The topological polar surface area (TPSA) is 73.5 Å². The van der Waals surface area contributed by atoms with Gasteiger partial charge in [-0.3, -0.25) is 14.5 Å². The smallest absolute Gasteiger partial charge is 0.234 e. The Bertz CT molecular complexity index is 306. The maximum absolute atomic E-state index is 11.7. The van der Waals surface area contributed by atoms with Crippen molar-refractivity contribution in [1.82, 2.24) is 20.9 Å². The van der Waals surface area contributed by atoms with Crippen LogP contribution in [0.25, 0.3) is 0 Å². The zero-order valence-corrected chi connectivity index (χ0v) is 12.2. The summed E-state index contributed by atoms with van der Waals surface area (Å²) >= 11 is 0. The summed E-state index contributed by atoms with van der Waals surface area (Å²) < 4.78 is 0. The summed E-state index contributed by atoms with van der Waals surface area (Å²) in [4.78, 5) is 25.3. The summed E-state index contributed by atoms with van der Waals surface area (Å²) in [5.41, 5.74) is -0.220. The maximum atomic E-state index is 11.7. The predicted molar refractivity (Wildman–Crippen MR) is 74.8 cm³/mol. The highest BCUT2D eigenvalue weighted by molar-refractivity contribution is 5.80. The van der Waals surface area contributed by atoms with Gasteiger partial charge in [-0.2, -0.15) is 0 Å². The maximum Gasteiger partial charge on any atom is 0.234 e. The van der Waals surface area contributed by atoms with Gasteiger partial charge in [-0.25, -0.2) is 0 Å². The van der Waals surface area contributed by atoms with Gasteiger partial charge in [0, 0.05) is 44.7 Å². The summed E-state index contributed by atoms with van der Waals surface area (Å²) in [6, 6.07) is 0. The van der Waals surface area contributed by atoms with Crippen LogP contribution in [0.15, 0.2) is 0 Å². The van der Waals surface area contributed by atoms with Gasteiger partial charge in [-0.15, -0.1) is 0 Å². The minimum atomic E-state index is -0.220.